The third kappa shape index (κ3) is 3.22. The summed E-state index contributed by atoms with van der Waals surface area (Å²) in [7, 11) is 0. The Kier molecular flexibility index (Phi) is 3.81. The predicted octanol–water partition coefficient (Wildman–Crippen LogP) is 3.69. The van der Waals surface area contributed by atoms with Crippen LogP contribution in [-0.2, 0) is 0 Å². The van der Waals surface area contributed by atoms with Gasteiger partial charge in [-0.25, -0.2) is 9.97 Å². The van der Waals surface area contributed by atoms with Crippen LogP contribution < -0.4 is 10.6 Å². The van der Waals surface area contributed by atoms with Crippen LogP contribution in [0.4, 0.5) is 11.6 Å². The molecular formula is C16H26N4. The lowest BCUT2D eigenvalue weighted by molar-refractivity contribution is 0.638. The van der Waals surface area contributed by atoms with Gasteiger partial charge in [0.25, 0.3) is 0 Å². The molecule has 1 aromatic rings. The first-order valence-corrected chi connectivity index (χ1v) is 8.06. The molecule has 110 valence electrons. The molecule has 0 amide bonds. The summed E-state index contributed by atoms with van der Waals surface area (Å²) in [5, 5.41) is 6.99. The van der Waals surface area contributed by atoms with E-state index in [2.05, 4.69) is 31.4 Å². The molecule has 2 aliphatic rings. The monoisotopic (exact) mass is 274 g/mol. The molecule has 1 aromatic heterocycles. The van der Waals surface area contributed by atoms with Crippen LogP contribution in [0.15, 0.2) is 0 Å². The molecule has 2 fully saturated rings. The number of hydrogen-bond donors (Lipinski definition) is 2. The summed E-state index contributed by atoms with van der Waals surface area (Å²) in [6.45, 7) is 7.39. The van der Waals surface area contributed by atoms with Crippen LogP contribution in [0, 0.1) is 12.8 Å². The molecule has 2 aliphatic carbocycles. The Balaban J connectivity index is 1.78. The molecule has 0 aliphatic heterocycles. The Morgan fingerprint density at radius 3 is 2.45 bits per heavy atom. The molecule has 20 heavy (non-hydrogen) atoms. The summed E-state index contributed by atoms with van der Waals surface area (Å²) in [6, 6.07) is 0.498. The van der Waals surface area contributed by atoms with Gasteiger partial charge in [0.2, 0.25) is 0 Å². The van der Waals surface area contributed by atoms with Crippen LogP contribution >= 0.6 is 0 Å². The Bertz CT molecular complexity index is 478. The van der Waals surface area contributed by atoms with Crippen molar-refractivity contribution in [3.63, 3.8) is 0 Å². The van der Waals surface area contributed by atoms with Crippen molar-refractivity contribution in [1.29, 1.82) is 0 Å². The molecule has 0 saturated heterocycles. The van der Waals surface area contributed by atoms with E-state index in [0.29, 0.717) is 12.0 Å². The van der Waals surface area contributed by atoms with Crippen LogP contribution in [0.2, 0.25) is 0 Å². The van der Waals surface area contributed by atoms with Gasteiger partial charge in [0.05, 0.1) is 0 Å². The summed E-state index contributed by atoms with van der Waals surface area (Å²) in [6.07, 6.45) is 6.56. The highest BCUT2D eigenvalue weighted by molar-refractivity contribution is 5.58. The molecule has 2 saturated carbocycles. The fourth-order valence-electron chi connectivity index (χ4n) is 2.68. The highest BCUT2D eigenvalue weighted by Crippen LogP contribution is 2.40. The van der Waals surface area contributed by atoms with E-state index in [9.17, 15) is 0 Å². The molecule has 3 rings (SSSR count). The zero-order chi connectivity index (χ0) is 14.1. The average Bonchev–Trinajstić information content (AvgIpc) is 3.25. The van der Waals surface area contributed by atoms with E-state index in [1.807, 2.05) is 0 Å². The first-order valence-electron chi connectivity index (χ1n) is 8.06. The van der Waals surface area contributed by atoms with Gasteiger partial charge in [0, 0.05) is 24.1 Å². The minimum Gasteiger partial charge on any atom is -0.370 e. The maximum Gasteiger partial charge on any atom is 0.136 e. The Morgan fingerprint density at radius 1 is 1.15 bits per heavy atom. The maximum atomic E-state index is 4.78. The summed E-state index contributed by atoms with van der Waals surface area (Å²) in [5.74, 6) is 4.59. The molecule has 1 heterocycles. The van der Waals surface area contributed by atoms with Crippen molar-refractivity contribution in [3.8, 4) is 0 Å². The summed E-state index contributed by atoms with van der Waals surface area (Å²) in [4.78, 5) is 9.49. The number of hydrogen-bond acceptors (Lipinski definition) is 4. The smallest absolute Gasteiger partial charge is 0.136 e. The largest absolute Gasteiger partial charge is 0.370 e. The number of anilines is 2. The zero-order valence-electron chi connectivity index (χ0n) is 12.9. The number of aromatic nitrogens is 2. The van der Waals surface area contributed by atoms with Crippen molar-refractivity contribution < 1.29 is 0 Å². The standard InChI is InChI=1S/C16H26N4/c1-4-17-14-11(3)15(18-10(2)9-12-5-6-12)20-16(19-14)13-7-8-13/h10,12-13H,4-9H2,1-3H3,(H2,17,18,19,20). The fraction of sp³-hybridized carbons (Fsp3) is 0.750. The van der Waals surface area contributed by atoms with Gasteiger partial charge in [-0.15, -0.1) is 0 Å². The van der Waals surface area contributed by atoms with Gasteiger partial charge in [-0.3, -0.25) is 0 Å². The topological polar surface area (TPSA) is 49.8 Å². The first-order chi connectivity index (χ1) is 9.67. The van der Waals surface area contributed by atoms with Crippen LogP contribution in [0.25, 0.3) is 0 Å². The van der Waals surface area contributed by atoms with E-state index in [1.165, 1.54) is 32.1 Å². The van der Waals surface area contributed by atoms with E-state index in [4.69, 9.17) is 9.97 Å². The Hall–Kier alpha value is -1.32. The van der Waals surface area contributed by atoms with Gasteiger partial charge in [-0.05, 0) is 46.0 Å². The second-order valence-corrected chi connectivity index (χ2v) is 6.43. The van der Waals surface area contributed by atoms with Gasteiger partial charge in [0.1, 0.15) is 17.5 Å². The van der Waals surface area contributed by atoms with Gasteiger partial charge >= 0.3 is 0 Å². The van der Waals surface area contributed by atoms with E-state index >= 15 is 0 Å². The van der Waals surface area contributed by atoms with Crippen molar-refractivity contribution >= 4 is 11.6 Å². The molecule has 0 aromatic carbocycles. The van der Waals surface area contributed by atoms with Gasteiger partial charge in [-0.2, -0.15) is 0 Å². The molecular weight excluding hydrogens is 248 g/mol. The van der Waals surface area contributed by atoms with Crippen molar-refractivity contribution in [1.82, 2.24) is 9.97 Å². The Morgan fingerprint density at radius 2 is 1.85 bits per heavy atom. The average molecular weight is 274 g/mol. The molecule has 1 unspecified atom stereocenters. The fourth-order valence-corrected chi connectivity index (χ4v) is 2.68. The number of nitrogens with one attached hydrogen (secondary N) is 2. The second kappa shape index (κ2) is 5.58. The lowest BCUT2D eigenvalue weighted by atomic mass is 10.1. The van der Waals surface area contributed by atoms with Crippen molar-refractivity contribution in [2.45, 2.75) is 64.8 Å². The van der Waals surface area contributed by atoms with E-state index in [1.54, 1.807) is 0 Å². The highest BCUT2D eigenvalue weighted by atomic mass is 15.1. The van der Waals surface area contributed by atoms with E-state index < -0.39 is 0 Å². The summed E-state index contributed by atoms with van der Waals surface area (Å²) >= 11 is 0. The summed E-state index contributed by atoms with van der Waals surface area (Å²) in [5.41, 5.74) is 1.15. The Labute approximate surface area is 121 Å². The molecule has 2 N–H and O–H groups in total. The second-order valence-electron chi connectivity index (χ2n) is 6.43. The number of nitrogens with zero attached hydrogens (tertiary/aromatic N) is 2. The van der Waals surface area contributed by atoms with Crippen molar-refractivity contribution in [2.24, 2.45) is 5.92 Å². The molecule has 0 spiro atoms. The molecule has 0 radical (unpaired) electrons. The lowest BCUT2D eigenvalue weighted by Gasteiger charge is -2.18. The van der Waals surface area contributed by atoms with Gasteiger partial charge in [-0.1, -0.05) is 12.8 Å². The van der Waals surface area contributed by atoms with Gasteiger partial charge < -0.3 is 10.6 Å². The van der Waals surface area contributed by atoms with E-state index in [-0.39, 0.29) is 0 Å². The predicted molar refractivity (Wildman–Crippen MR) is 83.3 cm³/mol. The highest BCUT2D eigenvalue weighted by Gasteiger charge is 2.29. The minimum absolute atomic E-state index is 0.498. The lowest BCUT2D eigenvalue weighted by Crippen LogP contribution is -2.19. The maximum absolute atomic E-state index is 4.78. The molecule has 0 bridgehead atoms. The third-order valence-corrected chi connectivity index (χ3v) is 4.22. The van der Waals surface area contributed by atoms with Crippen LogP contribution in [0.3, 0.4) is 0 Å². The van der Waals surface area contributed by atoms with Crippen LogP contribution in [0.5, 0.6) is 0 Å². The third-order valence-electron chi connectivity index (χ3n) is 4.22. The normalized spacial score (nSPS) is 19.8. The molecule has 4 heteroatoms. The summed E-state index contributed by atoms with van der Waals surface area (Å²) < 4.78 is 0. The van der Waals surface area contributed by atoms with E-state index in [0.717, 1.165) is 35.5 Å². The minimum atomic E-state index is 0.498. The van der Waals surface area contributed by atoms with Crippen LogP contribution in [-0.4, -0.2) is 22.6 Å². The molecule has 1 atom stereocenters. The van der Waals surface area contributed by atoms with Crippen molar-refractivity contribution in [3.05, 3.63) is 11.4 Å². The number of rotatable bonds is 7. The van der Waals surface area contributed by atoms with Crippen LogP contribution in [0.1, 0.15) is 63.3 Å². The van der Waals surface area contributed by atoms with Gasteiger partial charge in [0.15, 0.2) is 0 Å². The SMILES string of the molecule is CCNc1nc(C2CC2)nc(NC(C)CC2CC2)c1C. The molecule has 4 nitrogen and oxygen atoms in total. The zero-order valence-corrected chi connectivity index (χ0v) is 12.9. The quantitative estimate of drug-likeness (QED) is 0.796. The first kappa shape index (κ1) is 13.7. The van der Waals surface area contributed by atoms with Crippen molar-refractivity contribution in [2.75, 3.05) is 17.2 Å².